The van der Waals surface area contributed by atoms with Gasteiger partial charge < -0.3 is 5.32 Å². The molecule has 0 saturated carbocycles. The van der Waals surface area contributed by atoms with Crippen LogP contribution < -0.4 is 5.32 Å². The summed E-state index contributed by atoms with van der Waals surface area (Å²) >= 11 is 1.77. The van der Waals surface area contributed by atoms with Crippen molar-refractivity contribution in [1.82, 2.24) is 5.32 Å². The van der Waals surface area contributed by atoms with Crippen molar-refractivity contribution >= 4 is 11.8 Å². The minimum atomic E-state index is -0.133. The van der Waals surface area contributed by atoms with Gasteiger partial charge in [0.2, 0.25) is 0 Å². The molecule has 1 heterocycles. The maximum Gasteiger partial charge on any atom is 0.124 e. The maximum atomic E-state index is 12.9. The molecule has 0 amide bonds. The first-order valence-corrected chi connectivity index (χ1v) is 6.92. The SMILES string of the molecule is Fc1cccc(SCCC2CCNCC2)c1. The van der Waals surface area contributed by atoms with Gasteiger partial charge in [-0.15, -0.1) is 11.8 Å². The Kier molecular flexibility index (Phi) is 4.67. The summed E-state index contributed by atoms with van der Waals surface area (Å²) in [5, 5.41) is 3.37. The van der Waals surface area contributed by atoms with Crippen LogP contribution in [0.3, 0.4) is 0 Å². The normalized spacial score (nSPS) is 17.6. The molecule has 1 aromatic carbocycles. The lowest BCUT2D eigenvalue weighted by atomic mass is 9.96. The number of thioether (sulfide) groups is 1. The lowest BCUT2D eigenvalue weighted by molar-refractivity contribution is 0.367. The minimum absolute atomic E-state index is 0.133. The lowest BCUT2D eigenvalue weighted by Crippen LogP contribution is -2.27. The van der Waals surface area contributed by atoms with Gasteiger partial charge in [-0.25, -0.2) is 4.39 Å². The molecule has 1 N–H and O–H groups in total. The van der Waals surface area contributed by atoms with Crippen LogP contribution in [0.5, 0.6) is 0 Å². The van der Waals surface area contributed by atoms with E-state index in [0.717, 1.165) is 29.7 Å². The second-order valence-electron chi connectivity index (χ2n) is 4.29. The first-order valence-electron chi connectivity index (χ1n) is 5.94. The zero-order valence-corrected chi connectivity index (χ0v) is 10.2. The van der Waals surface area contributed by atoms with Crippen molar-refractivity contribution in [2.75, 3.05) is 18.8 Å². The van der Waals surface area contributed by atoms with E-state index in [1.54, 1.807) is 23.9 Å². The number of piperidine rings is 1. The van der Waals surface area contributed by atoms with E-state index < -0.39 is 0 Å². The highest BCUT2D eigenvalue weighted by Crippen LogP contribution is 2.24. The van der Waals surface area contributed by atoms with Gasteiger partial charge in [0.25, 0.3) is 0 Å². The zero-order chi connectivity index (χ0) is 11.2. The Morgan fingerprint density at radius 3 is 2.88 bits per heavy atom. The molecule has 1 aromatic rings. The van der Waals surface area contributed by atoms with Crippen molar-refractivity contribution in [2.45, 2.75) is 24.2 Å². The predicted molar refractivity (Wildman–Crippen MR) is 67.3 cm³/mol. The van der Waals surface area contributed by atoms with E-state index in [2.05, 4.69) is 5.32 Å². The fraction of sp³-hybridized carbons (Fsp3) is 0.538. The molecule has 0 radical (unpaired) electrons. The Bertz CT molecular complexity index is 323. The Morgan fingerprint density at radius 1 is 1.31 bits per heavy atom. The largest absolute Gasteiger partial charge is 0.317 e. The van der Waals surface area contributed by atoms with Crippen LogP contribution in [0.25, 0.3) is 0 Å². The average molecular weight is 239 g/mol. The van der Waals surface area contributed by atoms with Gasteiger partial charge in [-0.3, -0.25) is 0 Å². The summed E-state index contributed by atoms with van der Waals surface area (Å²) in [5.74, 6) is 1.84. The van der Waals surface area contributed by atoms with E-state index in [9.17, 15) is 4.39 Å². The number of hydrogen-bond acceptors (Lipinski definition) is 2. The molecule has 2 rings (SSSR count). The molecule has 0 spiro atoms. The van der Waals surface area contributed by atoms with E-state index in [4.69, 9.17) is 0 Å². The lowest BCUT2D eigenvalue weighted by Gasteiger charge is -2.22. The van der Waals surface area contributed by atoms with Crippen LogP contribution in [-0.4, -0.2) is 18.8 Å². The summed E-state index contributed by atoms with van der Waals surface area (Å²) in [4.78, 5) is 1.05. The third-order valence-corrected chi connectivity index (χ3v) is 4.08. The quantitative estimate of drug-likeness (QED) is 0.809. The molecule has 88 valence electrons. The molecule has 0 aromatic heterocycles. The molecule has 0 aliphatic carbocycles. The van der Waals surface area contributed by atoms with Crippen LogP contribution in [0.2, 0.25) is 0 Å². The van der Waals surface area contributed by atoms with Gasteiger partial charge in [0, 0.05) is 4.90 Å². The van der Waals surface area contributed by atoms with E-state index in [0.29, 0.717) is 0 Å². The average Bonchev–Trinajstić information content (AvgIpc) is 2.30. The Hall–Kier alpha value is -0.540. The van der Waals surface area contributed by atoms with E-state index in [1.165, 1.54) is 25.3 Å². The van der Waals surface area contributed by atoms with Crippen LogP contribution in [0, 0.1) is 11.7 Å². The highest BCUT2D eigenvalue weighted by atomic mass is 32.2. The molecule has 1 aliphatic rings. The fourth-order valence-electron chi connectivity index (χ4n) is 2.07. The highest BCUT2D eigenvalue weighted by Gasteiger charge is 2.12. The van der Waals surface area contributed by atoms with Crippen molar-refractivity contribution in [1.29, 1.82) is 0 Å². The van der Waals surface area contributed by atoms with Gasteiger partial charge in [-0.1, -0.05) is 6.07 Å². The van der Waals surface area contributed by atoms with Crippen molar-refractivity contribution in [3.05, 3.63) is 30.1 Å². The van der Waals surface area contributed by atoms with Crippen molar-refractivity contribution in [2.24, 2.45) is 5.92 Å². The first kappa shape index (κ1) is 11.9. The summed E-state index contributed by atoms with van der Waals surface area (Å²) in [7, 11) is 0. The standard InChI is InChI=1S/C13H18FNS/c14-12-2-1-3-13(10-12)16-9-6-11-4-7-15-8-5-11/h1-3,10-11,15H,4-9H2. The molecule has 1 saturated heterocycles. The van der Waals surface area contributed by atoms with Crippen LogP contribution in [0.4, 0.5) is 4.39 Å². The smallest absolute Gasteiger partial charge is 0.124 e. The van der Waals surface area contributed by atoms with Crippen molar-refractivity contribution in [3.8, 4) is 0 Å². The first-order chi connectivity index (χ1) is 7.84. The summed E-state index contributed by atoms with van der Waals surface area (Å²) in [6.07, 6.45) is 3.84. The van der Waals surface area contributed by atoms with Gasteiger partial charge in [-0.05, 0) is 62.2 Å². The molecule has 1 aliphatic heterocycles. The summed E-state index contributed by atoms with van der Waals surface area (Å²) in [6.45, 7) is 2.32. The summed E-state index contributed by atoms with van der Waals surface area (Å²) < 4.78 is 12.9. The van der Waals surface area contributed by atoms with Gasteiger partial charge in [-0.2, -0.15) is 0 Å². The topological polar surface area (TPSA) is 12.0 Å². The highest BCUT2D eigenvalue weighted by molar-refractivity contribution is 7.99. The van der Waals surface area contributed by atoms with Gasteiger partial charge in [0.15, 0.2) is 0 Å². The second-order valence-corrected chi connectivity index (χ2v) is 5.46. The fourth-order valence-corrected chi connectivity index (χ4v) is 3.13. The van der Waals surface area contributed by atoms with Gasteiger partial charge in [0.05, 0.1) is 0 Å². The summed E-state index contributed by atoms with van der Waals surface area (Å²) in [6, 6.07) is 6.88. The Morgan fingerprint density at radius 2 is 2.12 bits per heavy atom. The van der Waals surface area contributed by atoms with Gasteiger partial charge >= 0.3 is 0 Å². The molecule has 3 heteroatoms. The van der Waals surface area contributed by atoms with Crippen molar-refractivity contribution < 1.29 is 4.39 Å². The van der Waals surface area contributed by atoms with Crippen LogP contribution >= 0.6 is 11.8 Å². The molecular weight excluding hydrogens is 221 g/mol. The number of hydrogen-bond donors (Lipinski definition) is 1. The number of benzene rings is 1. The number of nitrogens with one attached hydrogen (secondary N) is 1. The van der Waals surface area contributed by atoms with Crippen LogP contribution in [0.15, 0.2) is 29.2 Å². The predicted octanol–water partition coefficient (Wildman–Crippen LogP) is 3.31. The Labute approximate surface area is 101 Å². The van der Waals surface area contributed by atoms with Gasteiger partial charge in [0.1, 0.15) is 5.82 Å². The summed E-state index contributed by atoms with van der Waals surface area (Å²) in [5.41, 5.74) is 0. The van der Waals surface area contributed by atoms with E-state index in [-0.39, 0.29) is 5.82 Å². The number of rotatable bonds is 4. The number of halogens is 1. The molecule has 16 heavy (non-hydrogen) atoms. The maximum absolute atomic E-state index is 12.9. The molecule has 1 nitrogen and oxygen atoms in total. The van der Waals surface area contributed by atoms with Crippen LogP contribution in [-0.2, 0) is 0 Å². The van der Waals surface area contributed by atoms with E-state index in [1.807, 2.05) is 6.07 Å². The third-order valence-electron chi connectivity index (χ3n) is 3.05. The zero-order valence-electron chi connectivity index (χ0n) is 9.42. The molecule has 0 unspecified atom stereocenters. The molecule has 0 atom stereocenters. The molecule has 0 bridgehead atoms. The minimum Gasteiger partial charge on any atom is -0.317 e. The monoisotopic (exact) mass is 239 g/mol. The molecular formula is C13H18FNS. The second kappa shape index (κ2) is 6.26. The molecule has 1 fully saturated rings. The van der Waals surface area contributed by atoms with Crippen LogP contribution in [0.1, 0.15) is 19.3 Å². The van der Waals surface area contributed by atoms with Crippen molar-refractivity contribution in [3.63, 3.8) is 0 Å². The van der Waals surface area contributed by atoms with E-state index >= 15 is 0 Å². The third kappa shape index (κ3) is 3.80. The Balaban J connectivity index is 1.71.